The molecule has 0 aliphatic carbocycles. The van der Waals surface area contributed by atoms with Crippen LogP contribution in [0.4, 0.5) is 11.8 Å². The fraction of sp³-hybridized carbons (Fsp3) is 0.278. The number of primary amides is 1. The first-order valence-electron chi connectivity index (χ1n) is 8.83. The number of anilines is 2. The van der Waals surface area contributed by atoms with Crippen LogP contribution < -0.4 is 11.1 Å². The van der Waals surface area contributed by atoms with Crippen molar-refractivity contribution in [2.24, 2.45) is 12.8 Å². The van der Waals surface area contributed by atoms with Gasteiger partial charge in [0.25, 0.3) is 5.91 Å². The van der Waals surface area contributed by atoms with Gasteiger partial charge in [0.2, 0.25) is 11.9 Å². The quantitative estimate of drug-likeness (QED) is 0.673. The van der Waals surface area contributed by atoms with Crippen molar-refractivity contribution >= 4 is 23.6 Å². The first kappa shape index (κ1) is 17.7. The largest absolute Gasteiger partial charge is 0.368 e. The number of fused-ring (bicyclic) bond motifs is 1. The molecule has 1 aliphatic rings. The molecule has 28 heavy (non-hydrogen) atoms. The predicted molar refractivity (Wildman–Crippen MR) is 102 cm³/mol. The fourth-order valence-electron chi connectivity index (χ4n) is 3.19. The van der Waals surface area contributed by atoms with Gasteiger partial charge in [-0.05, 0) is 19.1 Å². The zero-order chi connectivity index (χ0) is 19.8. The van der Waals surface area contributed by atoms with E-state index in [2.05, 4.69) is 20.4 Å². The lowest BCUT2D eigenvalue weighted by atomic mass is 10.2. The highest BCUT2D eigenvalue weighted by molar-refractivity contribution is 5.97. The lowest BCUT2D eigenvalue weighted by Gasteiger charge is -2.31. The van der Waals surface area contributed by atoms with E-state index in [4.69, 9.17) is 5.73 Å². The third-order valence-corrected chi connectivity index (χ3v) is 4.85. The number of hydrogen-bond acceptors (Lipinski definition) is 6. The SMILES string of the molecule is CC(C(N)=O)N1CCn2cc(-c3ccnc(Nc4ccnn4C)n3)cc2C1=O. The summed E-state index contributed by atoms with van der Waals surface area (Å²) < 4.78 is 3.55. The normalized spacial score (nSPS) is 14.6. The van der Waals surface area contributed by atoms with Crippen LogP contribution in [0.1, 0.15) is 17.4 Å². The number of carbonyl (C=O) groups excluding carboxylic acids is 2. The van der Waals surface area contributed by atoms with Crippen LogP contribution in [0.5, 0.6) is 0 Å². The minimum Gasteiger partial charge on any atom is -0.368 e. The summed E-state index contributed by atoms with van der Waals surface area (Å²) >= 11 is 0. The summed E-state index contributed by atoms with van der Waals surface area (Å²) in [5, 5.41) is 7.21. The van der Waals surface area contributed by atoms with Crippen molar-refractivity contribution in [3.63, 3.8) is 0 Å². The molecular weight excluding hydrogens is 360 g/mol. The van der Waals surface area contributed by atoms with Crippen molar-refractivity contribution in [3.8, 4) is 11.3 Å². The van der Waals surface area contributed by atoms with Gasteiger partial charge in [0.1, 0.15) is 17.6 Å². The van der Waals surface area contributed by atoms with Gasteiger partial charge in [-0.2, -0.15) is 5.10 Å². The van der Waals surface area contributed by atoms with Gasteiger partial charge in [0.15, 0.2) is 0 Å². The summed E-state index contributed by atoms with van der Waals surface area (Å²) in [7, 11) is 1.82. The molecule has 1 unspecified atom stereocenters. The Morgan fingerprint density at radius 2 is 2.11 bits per heavy atom. The van der Waals surface area contributed by atoms with Gasteiger partial charge in [0, 0.05) is 44.2 Å². The van der Waals surface area contributed by atoms with Gasteiger partial charge >= 0.3 is 0 Å². The Morgan fingerprint density at radius 3 is 2.82 bits per heavy atom. The molecular formula is C18H20N8O2. The first-order valence-corrected chi connectivity index (χ1v) is 8.83. The topological polar surface area (TPSA) is 124 Å². The van der Waals surface area contributed by atoms with Crippen molar-refractivity contribution in [2.75, 3.05) is 11.9 Å². The number of amides is 2. The van der Waals surface area contributed by atoms with E-state index in [0.29, 0.717) is 30.4 Å². The zero-order valence-electron chi connectivity index (χ0n) is 15.5. The Balaban J connectivity index is 1.61. The van der Waals surface area contributed by atoms with Crippen molar-refractivity contribution in [1.82, 2.24) is 29.2 Å². The molecule has 3 aromatic rings. The fourth-order valence-corrected chi connectivity index (χ4v) is 3.19. The average molecular weight is 380 g/mol. The zero-order valence-corrected chi connectivity index (χ0v) is 15.5. The number of nitrogens with two attached hydrogens (primary N) is 1. The van der Waals surface area contributed by atoms with E-state index < -0.39 is 11.9 Å². The third-order valence-electron chi connectivity index (χ3n) is 4.85. The van der Waals surface area contributed by atoms with Gasteiger partial charge in [-0.1, -0.05) is 0 Å². The number of nitrogens with one attached hydrogen (secondary N) is 1. The molecule has 10 nitrogen and oxygen atoms in total. The maximum absolute atomic E-state index is 12.8. The Kier molecular flexibility index (Phi) is 4.30. The van der Waals surface area contributed by atoms with Crippen molar-refractivity contribution < 1.29 is 9.59 Å². The standard InChI is InChI=1S/C18H20N8O2/c1-11(16(19)27)26-8-7-25-10-12(9-14(25)17(26)28)13-3-5-20-18(22-13)23-15-4-6-21-24(15)2/h3-6,9-11H,7-8H2,1-2H3,(H2,19,27)(H,20,22,23). The highest BCUT2D eigenvalue weighted by atomic mass is 16.2. The van der Waals surface area contributed by atoms with E-state index in [1.54, 1.807) is 36.1 Å². The summed E-state index contributed by atoms with van der Waals surface area (Å²) in [6.07, 6.45) is 5.22. The van der Waals surface area contributed by atoms with E-state index in [-0.39, 0.29) is 5.91 Å². The molecule has 0 saturated heterocycles. The molecule has 10 heteroatoms. The van der Waals surface area contributed by atoms with E-state index in [9.17, 15) is 9.59 Å². The van der Waals surface area contributed by atoms with Gasteiger partial charge in [-0.3, -0.25) is 14.3 Å². The molecule has 2 amide bonds. The molecule has 4 heterocycles. The maximum atomic E-state index is 12.8. The summed E-state index contributed by atoms with van der Waals surface area (Å²) in [5.41, 5.74) is 7.35. The summed E-state index contributed by atoms with van der Waals surface area (Å²) in [6.45, 7) is 2.66. The Hall–Kier alpha value is -3.69. The second-order valence-electron chi connectivity index (χ2n) is 6.61. The van der Waals surface area contributed by atoms with Crippen LogP contribution in [0.2, 0.25) is 0 Å². The van der Waals surface area contributed by atoms with Crippen LogP contribution in [0.3, 0.4) is 0 Å². The van der Waals surface area contributed by atoms with Crippen molar-refractivity contribution in [3.05, 3.63) is 42.5 Å². The van der Waals surface area contributed by atoms with E-state index in [0.717, 1.165) is 11.4 Å². The molecule has 0 radical (unpaired) electrons. The van der Waals surface area contributed by atoms with Crippen LogP contribution in [0.15, 0.2) is 36.8 Å². The van der Waals surface area contributed by atoms with Gasteiger partial charge < -0.3 is 20.5 Å². The monoisotopic (exact) mass is 380 g/mol. The van der Waals surface area contributed by atoms with Gasteiger partial charge in [-0.15, -0.1) is 0 Å². The molecule has 4 rings (SSSR count). The molecule has 0 spiro atoms. The van der Waals surface area contributed by atoms with Crippen LogP contribution in [-0.4, -0.2) is 53.6 Å². The molecule has 1 aliphatic heterocycles. The van der Waals surface area contributed by atoms with E-state index in [1.807, 2.05) is 23.9 Å². The summed E-state index contributed by atoms with van der Waals surface area (Å²) in [5.74, 6) is 0.460. The number of hydrogen-bond donors (Lipinski definition) is 2. The minimum absolute atomic E-state index is 0.217. The first-order chi connectivity index (χ1) is 13.4. The number of nitrogens with zero attached hydrogens (tertiary/aromatic N) is 6. The Morgan fingerprint density at radius 1 is 1.29 bits per heavy atom. The predicted octanol–water partition coefficient (Wildman–Crippen LogP) is 0.752. The van der Waals surface area contributed by atoms with E-state index in [1.165, 1.54) is 4.90 Å². The lowest BCUT2D eigenvalue weighted by Crippen LogP contribution is -2.50. The highest BCUT2D eigenvalue weighted by Crippen LogP contribution is 2.25. The second-order valence-corrected chi connectivity index (χ2v) is 6.61. The number of aryl methyl sites for hydroxylation is 1. The number of aromatic nitrogens is 5. The Labute approximate surface area is 161 Å². The minimum atomic E-state index is -0.645. The Bertz CT molecular complexity index is 1050. The second kappa shape index (κ2) is 6.80. The summed E-state index contributed by atoms with van der Waals surface area (Å²) in [4.78, 5) is 34.5. The van der Waals surface area contributed by atoms with Gasteiger partial charge in [0.05, 0.1) is 11.9 Å². The van der Waals surface area contributed by atoms with E-state index >= 15 is 0 Å². The molecule has 1 atom stereocenters. The number of rotatable bonds is 5. The van der Waals surface area contributed by atoms with Crippen LogP contribution in [0, 0.1) is 0 Å². The van der Waals surface area contributed by atoms with Gasteiger partial charge in [-0.25, -0.2) is 9.97 Å². The smallest absolute Gasteiger partial charge is 0.271 e. The molecule has 0 fully saturated rings. The summed E-state index contributed by atoms with van der Waals surface area (Å²) in [6, 6.07) is 4.73. The third kappa shape index (κ3) is 3.08. The molecule has 0 bridgehead atoms. The van der Waals surface area contributed by atoms with Crippen LogP contribution in [-0.2, 0) is 18.4 Å². The molecule has 144 valence electrons. The maximum Gasteiger partial charge on any atom is 0.271 e. The molecule has 3 aromatic heterocycles. The van der Waals surface area contributed by atoms with Crippen molar-refractivity contribution in [2.45, 2.75) is 19.5 Å². The number of carbonyl (C=O) groups is 2. The van der Waals surface area contributed by atoms with Crippen LogP contribution in [0.25, 0.3) is 11.3 Å². The average Bonchev–Trinajstić information content (AvgIpc) is 3.29. The molecule has 3 N–H and O–H groups in total. The van der Waals surface area contributed by atoms with Crippen molar-refractivity contribution in [1.29, 1.82) is 0 Å². The molecule has 0 aromatic carbocycles. The van der Waals surface area contributed by atoms with Crippen LogP contribution >= 0.6 is 0 Å². The highest BCUT2D eigenvalue weighted by Gasteiger charge is 2.31. The lowest BCUT2D eigenvalue weighted by molar-refractivity contribution is -0.122. The molecule has 0 saturated carbocycles.